The van der Waals surface area contributed by atoms with Gasteiger partial charge in [0.1, 0.15) is 30.0 Å². The molecule has 5 aromatic rings. The largest absolute Gasteiger partial charge is 0.488 e. The standard InChI is InChI=1S/C28H18FNO3/c1-16-7-9-26-21(11-16)28(31)23(15-33-26)19-13-24(17-5-3-2-4-6-17)30-27-20-12-18(29)8-10-25(20)32-14-22(19)27/h2-13,15H,14H2,1H3. The average molecular weight is 435 g/mol. The van der Waals surface area contributed by atoms with Crippen LogP contribution in [0.25, 0.3) is 44.6 Å². The summed E-state index contributed by atoms with van der Waals surface area (Å²) in [7, 11) is 0. The molecule has 33 heavy (non-hydrogen) atoms. The molecule has 3 heterocycles. The first kappa shape index (κ1) is 19.4. The van der Waals surface area contributed by atoms with Gasteiger partial charge in [0, 0.05) is 16.7 Å². The summed E-state index contributed by atoms with van der Waals surface area (Å²) in [6.45, 7) is 2.16. The molecule has 1 aliphatic heterocycles. The van der Waals surface area contributed by atoms with Gasteiger partial charge in [-0.25, -0.2) is 9.37 Å². The Morgan fingerprint density at radius 1 is 0.909 bits per heavy atom. The Bertz CT molecular complexity index is 1610. The molecule has 0 saturated heterocycles. The normalized spacial score (nSPS) is 12.2. The highest BCUT2D eigenvalue weighted by molar-refractivity contribution is 5.87. The van der Waals surface area contributed by atoms with E-state index in [-0.39, 0.29) is 17.9 Å². The van der Waals surface area contributed by atoms with Crippen LogP contribution in [-0.2, 0) is 6.61 Å². The maximum absolute atomic E-state index is 14.2. The van der Waals surface area contributed by atoms with Gasteiger partial charge < -0.3 is 9.15 Å². The summed E-state index contributed by atoms with van der Waals surface area (Å²) in [5.41, 5.74) is 5.96. The molecule has 160 valence electrons. The monoisotopic (exact) mass is 435 g/mol. The van der Waals surface area contributed by atoms with Crippen LogP contribution in [-0.4, -0.2) is 4.98 Å². The minimum absolute atomic E-state index is 0.127. The van der Waals surface area contributed by atoms with Crippen LogP contribution < -0.4 is 10.2 Å². The fourth-order valence-corrected chi connectivity index (χ4v) is 4.33. The van der Waals surface area contributed by atoms with Crippen molar-refractivity contribution in [1.29, 1.82) is 0 Å². The molecule has 4 nitrogen and oxygen atoms in total. The van der Waals surface area contributed by atoms with Gasteiger partial charge in [-0.15, -0.1) is 0 Å². The van der Waals surface area contributed by atoms with Crippen molar-refractivity contribution >= 4 is 11.0 Å². The lowest BCUT2D eigenvalue weighted by atomic mass is 9.92. The molecule has 0 saturated carbocycles. The fourth-order valence-electron chi connectivity index (χ4n) is 4.33. The van der Waals surface area contributed by atoms with Crippen molar-refractivity contribution < 1.29 is 13.5 Å². The molecule has 2 aromatic heterocycles. The van der Waals surface area contributed by atoms with E-state index >= 15 is 0 Å². The summed E-state index contributed by atoms with van der Waals surface area (Å²) >= 11 is 0. The molecular weight excluding hydrogens is 417 g/mol. The highest BCUT2D eigenvalue weighted by Crippen LogP contribution is 2.42. The number of hydrogen-bond acceptors (Lipinski definition) is 4. The molecule has 0 N–H and O–H groups in total. The summed E-state index contributed by atoms with van der Waals surface area (Å²) < 4.78 is 25.9. The SMILES string of the molecule is Cc1ccc2occ(-c3cc(-c4ccccc4)nc4c3COc3ccc(F)cc3-4)c(=O)c2c1. The smallest absolute Gasteiger partial charge is 0.200 e. The predicted octanol–water partition coefficient (Wildman–Crippen LogP) is 6.53. The van der Waals surface area contributed by atoms with Crippen molar-refractivity contribution in [2.24, 2.45) is 0 Å². The lowest BCUT2D eigenvalue weighted by Gasteiger charge is -2.23. The third kappa shape index (κ3) is 3.21. The van der Waals surface area contributed by atoms with Crippen LogP contribution in [0.5, 0.6) is 5.75 Å². The third-order valence-electron chi connectivity index (χ3n) is 5.98. The molecule has 0 amide bonds. The number of aryl methyl sites for hydroxylation is 1. The summed E-state index contributed by atoms with van der Waals surface area (Å²) in [5.74, 6) is 0.188. The van der Waals surface area contributed by atoms with Crippen molar-refractivity contribution in [3.63, 3.8) is 0 Å². The van der Waals surface area contributed by atoms with Crippen LogP contribution in [0.1, 0.15) is 11.1 Å². The molecule has 0 aliphatic carbocycles. The molecular formula is C28H18FNO3. The first-order valence-corrected chi connectivity index (χ1v) is 10.6. The molecule has 0 atom stereocenters. The molecule has 0 bridgehead atoms. The fraction of sp³-hybridized carbons (Fsp3) is 0.0714. The number of ether oxygens (including phenoxy) is 1. The van der Waals surface area contributed by atoms with E-state index in [1.54, 1.807) is 12.1 Å². The average Bonchev–Trinajstić information content (AvgIpc) is 2.84. The van der Waals surface area contributed by atoms with Gasteiger partial charge in [0.15, 0.2) is 0 Å². The Morgan fingerprint density at radius 3 is 2.61 bits per heavy atom. The van der Waals surface area contributed by atoms with Gasteiger partial charge in [0.25, 0.3) is 0 Å². The van der Waals surface area contributed by atoms with E-state index in [0.717, 1.165) is 16.7 Å². The van der Waals surface area contributed by atoms with Gasteiger partial charge in [-0.05, 0) is 48.9 Å². The van der Waals surface area contributed by atoms with Crippen LogP contribution in [0, 0.1) is 12.7 Å². The maximum atomic E-state index is 14.2. The Hall–Kier alpha value is -4.25. The number of aromatic nitrogens is 1. The van der Waals surface area contributed by atoms with Gasteiger partial charge in [-0.2, -0.15) is 0 Å². The molecule has 0 radical (unpaired) electrons. The van der Waals surface area contributed by atoms with Crippen molar-refractivity contribution in [3.05, 3.63) is 106 Å². The third-order valence-corrected chi connectivity index (χ3v) is 5.98. The second kappa shape index (κ2) is 7.41. The highest BCUT2D eigenvalue weighted by atomic mass is 19.1. The second-order valence-corrected chi connectivity index (χ2v) is 8.16. The Kier molecular flexibility index (Phi) is 4.37. The Morgan fingerprint density at radius 2 is 1.76 bits per heavy atom. The summed E-state index contributed by atoms with van der Waals surface area (Å²) in [6, 6.07) is 21.5. The first-order chi connectivity index (χ1) is 16.1. The van der Waals surface area contributed by atoms with Crippen molar-refractivity contribution in [2.45, 2.75) is 13.5 Å². The van der Waals surface area contributed by atoms with Crippen LogP contribution in [0.4, 0.5) is 4.39 Å². The quantitative estimate of drug-likeness (QED) is 0.316. The molecule has 6 rings (SSSR count). The summed E-state index contributed by atoms with van der Waals surface area (Å²) in [4.78, 5) is 18.4. The number of hydrogen-bond donors (Lipinski definition) is 0. The number of halogens is 1. The maximum Gasteiger partial charge on any atom is 0.200 e. The van der Waals surface area contributed by atoms with Crippen molar-refractivity contribution in [1.82, 2.24) is 4.98 Å². The van der Waals surface area contributed by atoms with Crippen LogP contribution in [0.2, 0.25) is 0 Å². The number of rotatable bonds is 2. The van der Waals surface area contributed by atoms with Crippen molar-refractivity contribution in [2.75, 3.05) is 0 Å². The predicted molar refractivity (Wildman–Crippen MR) is 126 cm³/mol. The molecule has 0 fully saturated rings. The number of benzene rings is 3. The van der Waals surface area contributed by atoms with Gasteiger partial charge in [-0.1, -0.05) is 42.0 Å². The molecule has 1 aliphatic rings. The lowest BCUT2D eigenvalue weighted by Crippen LogP contribution is -2.13. The van der Waals surface area contributed by atoms with E-state index in [1.807, 2.05) is 55.5 Å². The molecule has 0 spiro atoms. The lowest BCUT2D eigenvalue weighted by molar-refractivity contribution is 0.301. The molecule has 3 aromatic carbocycles. The van der Waals surface area contributed by atoms with Gasteiger partial charge in [0.05, 0.1) is 22.3 Å². The Labute approximate surface area is 188 Å². The van der Waals surface area contributed by atoms with Gasteiger partial charge >= 0.3 is 0 Å². The zero-order valence-electron chi connectivity index (χ0n) is 17.8. The van der Waals surface area contributed by atoms with E-state index < -0.39 is 0 Å². The van der Waals surface area contributed by atoms with Gasteiger partial charge in [-0.3, -0.25) is 4.79 Å². The minimum atomic E-state index is -0.376. The molecule has 5 heteroatoms. The number of fused-ring (bicyclic) bond motifs is 4. The topological polar surface area (TPSA) is 52.3 Å². The van der Waals surface area contributed by atoms with Crippen LogP contribution in [0.3, 0.4) is 0 Å². The van der Waals surface area contributed by atoms with Crippen molar-refractivity contribution in [3.8, 4) is 39.4 Å². The first-order valence-electron chi connectivity index (χ1n) is 10.6. The van der Waals surface area contributed by atoms with Crippen LogP contribution >= 0.6 is 0 Å². The van der Waals surface area contributed by atoms with E-state index in [0.29, 0.717) is 44.8 Å². The zero-order chi connectivity index (χ0) is 22.5. The van der Waals surface area contributed by atoms with E-state index in [1.165, 1.54) is 18.4 Å². The van der Waals surface area contributed by atoms with Crippen LogP contribution in [0.15, 0.2) is 88.3 Å². The summed E-state index contributed by atoms with van der Waals surface area (Å²) in [6.07, 6.45) is 1.49. The van der Waals surface area contributed by atoms with E-state index in [9.17, 15) is 9.18 Å². The second-order valence-electron chi connectivity index (χ2n) is 8.16. The minimum Gasteiger partial charge on any atom is -0.488 e. The van der Waals surface area contributed by atoms with E-state index in [4.69, 9.17) is 14.1 Å². The highest BCUT2D eigenvalue weighted by Gasteiger charge is 2.25. The zero-order valence-corrected chi connectivity index (χ0v) is 17.8. The Balaban J connectivity index is 1.68. The molecule has 0 unspecified atom stereocenters. The van der Waals surface area contributed by atoms with E-state index in [2.05, 4.69) is 0 Å². The summed E-state index contributed by atoms with van der Waals surface area (Å²) in [5, 5.41) is 0.516. The number of pyridine rings is 1. The van der Waals surface area contributed by atoms with Gasteiger partial charge in [0.2, 0.25) is 5.43 Å². The number of nitrogens with zero attached hydrogens (tertiary/aromatic N) is 1.